The molecule has 0 saturated carbocycles. The van der Waals surface area contributed by atoms with Crippen LogP contribution in [0.3, 0.4) is 0 Å². The van der Waals surface area contributed by atoms with E-state index in [1.807, 2.05) is 55.9 Å². The Morgan fingerprint density at radius 3 is 2.77 bits per heavy atom. The molecule has 3 aromatic heterocycles. The van der Waals surface area contributed by atoms with Gasteiger partial charge in [0.15, 0.2) is 0 Å². The Labute approximate surface area is 131 Å². The lowest BCUT2D eigenvalue weighted by Gasteiger charge is -2.03. The maximum absolute atomic E-state index is 4.61. The number of nitrogens with zero attached hydrogens (tertiary/aromatic N) is 5. The summed E-state index contributed by atoms with van der Waals surface area (Å²) in [7, 11) is 1.82. The van der Waals surface area contributed by atoms with Gasteiger partial charge in [-0.2, -0.15) is 15.0 Å². The van der Waals surface area contributed by atoms with Crippen molar-refractivity contribution in [3.8, 4) is 21.8 Å². The molecule has 0 aliphatic carbocycles. The highest BCUT2D eigenvalue weighted by Crippen LogP contribution is 2.34. The predicted octanol–water partition coefficient (Wildman–Crippen LogP) is 3.46. The van der Waals surface area contributed by atoms with E-state index in [9.17, 15) is 0 Å². The summed E-state index contributed by atoms with van der Waals surface area (Å²) in [6, 6.07) is 12.1. The second kappa shape index (κ2) is 4.99. The Balaban J connectivity index is 1.87. The largest absolute Gasteiger partial charge is 0.252 e. The zero-order valence-corrected chi connectivity index (χ0v) is 13.0. The molecule has 0 atom stereocenters. The third-order valence-corrected chi connectivity index (χ3v) is 4.29. The zero-order chi connectivity index (χ0) is 15.1. The number of aromatic nitrogens is 5. The molecule has 0 amide bonds. The highest BCUT2D eigenvalue weighted by molar-refractivity contribution is 7.13. The fourth-order valence-corrected chi connectivity index (χ4v) is 3.25. The van der Waals surface area contributed by atoms with Gasteiger partial charge in [0.1, 0.15) is 11.0 Å². The summed E-state index contributed by atoms with van der Waals surface area (Å²) in [5.74, 6) is 0. The average molecular weight is 307 g/mol. The highest BCUT2D eigenvalue weighted by atomic mass is 32.1. The number of hydrogen-bond acceptors (Lipinski definition) is 5. The quantitative estimate of drug-likeness (QED) is 0.569. The lowest BCUT2D eigenvalue weighted by atomic mass is 10.1. The van der Waals surface area contributed by atoms with Crippen molar-refractivity contribution in [2.75, 3.05) is 0 Å². The second-order valence-corrected chi connectivity index (χ2v) is 5.94. The van der Waals surface area contributed by atoms with Gasteiger partial charge in [0.25, 0.3) is 0 Å². The minimum absolute atomic E-state index is 0.871. The Kier molecular flexibility index (Phi) is 2.97. The van der Waals surface area contributed by atoms with Gasteiger partial charge in [-0.25, -0.2) is 4.98 Å². The first-order valence-corrected chi connectivity index (χ1v) is 7.77. The Bertz CT molecular complexity index is 970. The minimum atomic E-state index is 0.871. The van der Waals surface area contributed by atoms with Crippen molar-refractivity contribution in [3.63, 3.8) is 0 Å². The molecule has 0 radical (unpaired) electrons. The maximum atomic E-state index is 4.61. The van der Waals surface area contributed by atoms with Crippen molar-refractivity contribution >= 4 is 22.4 Å². The molecule has 0 saturated heterocycles. The fourth-order valence-electron chi connectivity index (χ4n) is 2.47. The van der Waals surface area contributed by atoms with Crippen LogP contribution >= 0.6 is 11.3 Å². The molecule has 0 aliphatic rings. The van der Waals surface area contributed by atoms with Crippen LogP contribution in [0.4, 0.5) is 0 Å². The van der Waals surface area contributed by atoms with Crippen LogP contribution in [0.1, 0.15) is 5.69 Å². The number of rotatable bonds is 2. The Hall–Kier alpha value is -2.60. The molecule has 1 aromatic carbocycles. The van der Waals surface area contributed by atoms with Gasteiger partial charge in [-0.3, -0.25) is 4.98 Å². The molecule has 5 nitrogen and oxygen atoms in total. The van der Waals surface area contributed by atoms with Gasteiger partial charge >= 0.3 is 0 Å². The van der Waals surface area contributed by atoms with Crippen molar-refractivity contribution < 1.29 is 0 Å². The molecule has 4 rings (SSSR count). The Morgan fingerprint density at radius 2 is 1.91 bits per heavy atom. The van der Waals surface area contributed by atoms with E-state index >= 15 is 0 Å². The highest BCUT2D eigenvalue weighted by Gasteiger charge is 2.13. The van der Waals surface area contributed by atoms with Crippen molar-refractivity contribution in [2.45, 2.75) is 6.92 Å². The summed E-state index contributed by atoms with van der Waals surface area (Å²) in [5.41, 5.74) is 7.55. The molecular weight excluding hydrogens is 294 g/mol. The molecule has 0 unspecified atom stereocenters. The van der Waals surface area contributed by atoms with E-state index in [0.717, 1.165) is 38.6 Å². The summed E-state index contributed by atoms with van der Waals surface area (Å²) in [4.78, 5) is 11.8. The SMILES string of the molecule is Cc1cccc(-c2scnc2-c2ccc3nn(C)nc3c2)n1. The van der Waals surface area contributed by atoms with Gasteiger partial charge in [0.2, 0.25) is 0 Å². The maximum Gasteiger partial charge on any atom is 0.113 e. The second-order valence-electron chi connectivity index (χ2n) is 5.09. The van der Waals surface area contributed by atoms with E-state index in [4.69, 9.17) is 0 Å². The van der Waals surface area contributed by atoms with Crippen LogP contribution in [-0.2, 0) is 7.05 Å². The van der Waals surface area contributed by atoms with Crippen LogP contribution < -0.4 is 0 Å². The van der Waals surface area contributed by atoms with Crippen molar-refractivity contribution in [1.29, 1.82) is 0 Å². The van der Waals surface area contributed by atoms with Crippen LogP contribution in [-0.4, -0.2) is 25.0 Å². The molecule has 0 N–H and O–H groups in total. The minimum Gasteiger partial charge on any atom is -0.252 e. The van der Waals surface area contributed by atoms with E-state index in [2.05, 4.69) is 20.2 Å². The summed E-state index contributed by atoms with van der Waals surface area (Å²) in [6.07, 6.45) is 0. The Morgan fingerprint density at radius 1 is 1.05 bits per heavy atom. The van der Waals surface area contributed by atoms with Crippen LogP contribution in [0.25, 0.3) is 32.9 Å². The van der Waals surface area contributed by atoms with Crippen molar-refractivity contribution in [3.05, 3.63) is 47.6 Å². The molecule has 0 bridgehead atoms. The van der Waals surface area contributed by atoms with Gasteiger partial charge < -0.3 is 0 Å². The molecule has 6 heteroatoms. The first-order valence-electron chi connectivity index (χ1n) is 6.90. The van der Waals surface area contributed by atoms with Crippen molar-refractivity contribution in [2.24, 2.45) is 7.05 Å². The van der Waals surface area contributed by atoms with Crippen LogP contribution in [0, 0.1) is 6.92 Å². The first-order chi connectivity index (χ1) is 10.7. The van der Waals surface area contributed by atoms with E-state index in [1.165, 1.54) is 0 Å². The van der Waals surface area contributed by atoms with Crippen LogP contribution in [0.15, 0.2) is 41.9 Å². The molecular formula is C16H13N5S. The molecule has 22 heavy (non-hydrogen) atoms. The monoisotopic (exact) mass is 307 g/mol. The van der Waals surface area contributed by atoms with Gasteiger partial charge in [0, 0.05) is 18.3 Å². The van der Waals surface area contributed by atoms with Gasteiger partial charge in [-0.05, 0) is 31.2 Å². The molecule has 3 heterocycles. The number of hydrogen-bond donors (Lipinski definition) is 0. The number of pyridine rings is 1. The van der Waals surface area contributed by atoms with E-state index < -0.39 is 0 Å². The molecule has 0 aliphatic heterocycles. The summed E-state index contributed by atoms with van der Waals surface area (Å²) < 4.78 is 0. The van der Waals surface area contributed by atoms with Gasteiger partial charge in [-0.1, -0.05) is 12.1 Å². The summed E-state index contributed by atoms with van der Waals surface area (Å²) in [6.45, 7) is 2.00. The zero-order valence-electron chi connectivity index (χ0n) is 12.2. The summed E-state index contributed by atoms with van der Waals surface area (Å²) in [5, 5.41) is 8.67. The predicted molar refractivity (Wildman–Crippen MR) is 87.6 cm³/mol. The van der Waals surface area contributed by atoms with Crippen LogP contribution in [0.5, 0.6) is 0 Å². The number of fused-ring (bicyclic) bond motifs is 1. The lowest BCUT2D eigenvalue weighted by molar-refractivity contribution is 0.665. The van der Waals surface area contributed by atoms with Crippen molar-refractivity contribution in [1.82, 2.24) is 25.0 Å². The smallest absolute Gasteiger partial charge is 0.113 e. The van der Waals surface area contributed by atoms with E-state index in [-0.39, 0.29) is 0 Å². The van der Waals surface area contributed by atoms with Crippen LogP contribution in [0.2, 0.25) is 0 Å². The number of thiazole rings is 1. The third-order valence-electron chi connectivity index (χ3n) is 3.44. The van der Waals surface area contributed by atoms with Gasteiger partial charge in [-0.15, -0.1) is 11.3 Å². The molecule has 108 valence electrons. The van der Waals surface area contributed by atoms with Gasteiger partial charge in [0.05, 0.1) is 21.8 Å². The van der Waals surface area contributed by atoms with E-state index in [0.29, 0.717) is 0 Å². The number of aryl methyl sites for hydroxylation is 2. The average Bonchev–Trinajstić information content (AvgIpc) is 3.11. The third kappa shape index (κ3) is 2.17. The molecule has 4 aromatic rings. The summed E-state index contributed by atoms with van der Waals surface area (Å²) >= 11 is 1.60. The first kappa shape index (κ1) is 13.1. The topological polar surface area (TPSA) is 56.5 Å². The molecule has 0 spiro atoms. The normalized spacial score (nSPS) is 11.2. The van der Waals surface area contributed by atoms with E-state index in [1.54, 1.807) is 16.1 Å². The fraction of sp³-hybridized carbons (Fsp3) is 0.125. The lowest BCUT2D eigenvalue weighted by Crippen LogP contribution is -1.90. The standard InChI is InChI=1S/C16H13N5S/c1-10-4-3-5-13(18-10)16-15(17-9-22-16)11-6-7-12-14(8-11)20-21(2)19-12/h3-9H,1-2H3. The molecule has 0 fully saturated rings. The number of benzene rings is 1.